The third kappa shape index (κ3) is 3.12. The van der Waals surface area contributed by atoms with Crippen LogP contribution in [-0.2, 0) is 21.4 Å². The van der Waals surface area contributed by atoms with E-state index >= 15 is 0 Å². The zero-order valence-corrected chi connectivity index (χ0v) is 18.9. The van der Waals surface area contributed by atoms with Gasteiger partial charge in [0.1, 0.15) is 22.0 Å². The predicted molar refractivity (Wildman–Crippen MR) is 124 cm³/mol. The molecule has 2 saturated carbocycles. The Labute approximate surface area is 196 Å². The van der Waals surface area contributed by atoms with Gasteiger partial charge in [-0.2, -0.15) is 8.42 Å². The summed E-state index contributed by atoms with van der Waals surface area (Å²) in [5, 5.41) is 14.2. The Morgan fingerprint density at radius 2 is 1.88 bits per heavy atom. The first-order valence-corrected chi connectivity index (χ1v) is 12.7. The van der Waals surface area contributed by atoms with E-state index in [1.54, 1.807) is 23.1 Å². The van der Waals surface area contributed by atoms with Gasteiger partial charge < -0.3 is 21.1 Å². The number of nitrogens with one attached hydrogen (secondary N) is 1. The molecule has 0 saturated heterocycles. The molecular weight excluding hydrogens is 459 g/mol. The van der Waals surface area contributed by atoms with E-state index in [-0.39, 0.29) is 69.6 Å². The van der Waals surface area contributed by atoms with E-state index in [2.05, 4.69) is 9.71 Å². The Balaban J connectivity index is 1.45. The second-order valence-corrected chi connectivity index (χ2v) is 11.0. The van der Waals surface area contributed by atoms with Gasteiger partial charge in [-0.25, -0.2) is 4.39 Å². The van der Waals surface area contributed by atoms with Gasteiger partial charge in [0.2, 0.25) is 0 Å². The number of nitrogens with two attached hydrogens (primary N) is 1. The Kier molecular flexibility index (Phi) is 4.54. The van der Waals surface area contributed by atoms with Crippen LogP contribution in [0.25, 0.3) is 0 Å². The highest BCUT2D eigenvalue weighted by molar-refractivity contribution is 7.90. The lowest BCUT2D eigenvalue weighted by molar-refractivity contribution is -0.134. The minimum atomic E-state index is -4.14. The fourth-order valence-electron chi connectivity index (χ4n) is 6.12. The maximum atomic E-state index is 13.8. The van der Waals surface area contributed by atoms with Gasteiger partial charge in [-0.15, -0.1) is 4.40 Å². The summed E-state index contributed by atoms with van der Waals surface area (Å²) in [6.45, 7) is 0.230. The fraction of sp³-hybridized carbons (Fsp3) is 0.333. The van der Waals surface area contributed by atoms with Gasteiger partial charge in [-0.3, -0.25) is 4.79 Å². The number of amides is 1. The quantitative estimate of drug-likeness (QED) is 0.577. The predicted octanol–water partition coefficient (Wildman–Crippen LogP) is 3.19. The third-order valence-electron chi connectivity index (χ3n) is 7.53. The average Bonchev–Trinajstić information content (AvgIpc) is 3.40. The first-order valence-electron chi connectivity index (χ1n) is 11.2. The van der Waals surface area contributed by atoms with Crippen molar-refractivity contribution in [2.75, 3.05) is 11.1 Å². The molecule has 2 aliphatic carbocycles. The smallest absolute Gasteiger partial charge is 0.286 e. The van der Waals surface area contributed by atoms with Crippen LogP contribution < -0.4 is 11.1 Å². The lowest BCUT2D eigenvalue weighted by atomic mass is 9.77. The van der Waals surface area contributed by atoms with E-state index in [4.69, 9.17) is 5.73 Å². The van der Waals surface area contributed by atoms with Crippen molar-refractivity contribution >= 4 is 33.1 Å². The van der Waals surface area contributed by atoms with E-state index in [9.17, 15) is 22.7 Å². The standard InChI is InChI=1S/C24H23FN4O4S/c25-15-5-1-12(2-6-15)11-29-21-14-4-3-13(9-14)19(21)22(30)20(24(29)31)23-27-17-8-7-16(26)10-18(17)34(32,33)28-23/h1-2,5-8,10,13-14,19,21,30H,3-4,9,11,26H2,(H,27,28)/t13-,14+,19?,21?/m1/s1. The second kappa shape index (κ2) is 7.30. The van der Waals surface area contributed by atoms with Crippen LogP contribution in [0, 0.1) is 23.6 Å². The zero-order chi connectivity index (χ0) is 23.8. The highest BCUT2D eigenvalue weighted by atomic mass is 32.2. The molecule has 176 valence electrons. The number of sulfonamides is 1. The van der Waals surface area contributed by atoms with Gasteiger partial charge in [0.25, 0.3) is 15.9 Å². The van der Waals surface area contributed by atoms with Crippen LogP contribution in [0.1, 0.15) is 24.8 Å². The van der Waals surface area contributed by atoms with Crippen molar-refractivity contribution in [1.82, 2.24) is 4.90 Å². The number of hydrogen-bond donors (Lipinski definition) is 3. The summed E-state index contributed by atoms with van der Waals surface area (Å²) >= 11 is 0. The molecule has 4 N–H and O–H groups in total. The number of carbonyl (C=O) groups is 1. The van der Waals surface area contributed by atoms with E-state index in [1.807, 2.05) is 0 Å². The molecule has 2 aliphatic heterocycles. The van der Waals surface area contributed by atoms with Crippen LogP contribution in [0.3, 0.4) is 0 Å². The van der Waals surface area contributed by atoms with Gasteiger partial charge in [0.15, 0.2) is 5.84 Å². The van der Waals surface area contributed by atoms with Crippen molar-refractivity contribution in [1.29, 1.82) is 0 Å². The molecule has 2 unspecified atom stereocenters. The SMILES string of the molecule is Nc1ccc2c(c1)S(=O)(=O)N=C(C1=C(O)C3C([C@H]4CC[C@@H]3C4)N(Cc3ccc(F)cc3)C1=O)N2. The number of amidine groups is 1. The van der Waals surface area contributed by atoms with Crippen molar-refractivity contribution in [3.63, 3.8) is 0 Å². The molecule has 10 heteroatoms. The van der Waals surface area contributed by atoms with E-state index in [0.717, 1.165) is 24.8 Å². The van der Waals surface area contributed by atoms with Crippen molar-refractivity contribution in [2.45, 2.75) is 36.7 Å². The van der Waals surface area contributed by atoms with Gasteiger partial charge >= 0.3 is 0 Å². The van der Waals surface area contributed by atoms with Crippen LogP contribution in [0.15, 0.2) is 63.1 Å². The van der Waals surface area contributed by atoms with E-state index in [1.165, 1.54) is 24.3 Å². The topological polar surface area (TPSA) is 125 Å². The Hall–Kier alpha value is -3.40. The molecule has 34 heavy (non-hydrogen) atoms. The highest BCUT2D eigenvalue weighted by Gasteiger charge is 2.57. The van der Waals surface area contributed by atoms with E-state index in [0.29, 0.717) is 0 Å². The number of fused-ring (bicyclic) bond motifs is 6. The summed E-state index contributed by atoms with van der Waals surface area (Å²) in [5.74, 6) is -0.959. The molecule has 0 radical (unpaired) electrons. The number of nitrogen functional groups attached to an aromatic ring is 1. The molecule has 8 nitrogen and oxygen atoms in total. The van der Waals surface area contributed by atoms with Crippen LogP contribution in [0.2, 0.25) is 0 Å². The third-order valence-corrected chi connectivity index (χ3v) is 8.85. The van der Waals surface area contributed by atoms with Crippen molar-refractivity contribution in [2.24, 2.45) is 22.2 Å². The molecular formula is C24H23FN4O4S. The molecule has 2 heterocycles. The number of anilines is 2. The minimum Gasteiger partial charge on any atom is -0.511 e. The number of nitrogens with zero attached hydrogens (tertiary/aromatic N) is 2. The number of hydrogen-bond acceptors (Lipinski definition) is 6. The van der Waals surface area contributed by atoms with Gasteiger partial charge in [-0.05, 0) is 67.0 Å². The zero-order valence-electron chi connectivity index (χ0n) is 18.1. The minimum absolute atomic E-state index is 0.0828. The lowest BCUT2D eigenvalue weighted by Crippen LogP contribution is -2.53. The molecule has 2 aromatic carbocycles. The van der Waals surface area contributed by atoms with Crippen LogP contribution in [0.5, 0.6) is 0 Å². The average molecular weight is 483 g/mol. The molecule has 4 atom stereocenters. The molecule has 0 spiro atoms. The number of rotatable bonds is 3. The summed E-state index contributed by atoms with van der Waals surface area (Å²) in [4.78, 5) is 15.4. The Bertz CT molecular complexity index is 1390. The summed E-state index contributed by atoms with van der Waals surface area (Å²) in [5.41, 5.74) is 6.89. The first-order chi connectivity index (χ1) is 16.2. The number of benzene rings is 2. The normalized spacial score (nSPS) is 28.9. The summed E-state index contributed by atoms with van der Waals surface area (Å²) in [6.07, 6.45) is 2.83. The maximum absolute atomic E-state index is 13.8. The number of aliphatic hydroxyl groups is 1. The molecule has 2 fully saturated rings. The van der Waals surface area contributed by atoms with Crippen LogP contribution in [-0.4, -0.2) is 36.2 Å². The number of carbonyl (C=O) groups excluding carboxylic acids is 1. The number of halogens is 1. The van der Waals surface area contributed by atoms with Crippen LogP contribution >= 0.6 is 0 Å². The summed E-state index contributed by atoms with van der Waals surface area (Å²) in [6, 6.07) is 10.1. The van der Waals surface area contributed by atoms with Gasteiger partial charge in [-0.1, -0.05) is 12.1 Å². The maximum Gasteiger partial charge on any atom is 0.286 e. The molecule has 4 aliphatic rings. The van der Waals surface area contributed by atoms with Crippen molar-refractivity contribution < 1.29 is 22.7 Å². The van der Waals surface area contributed by atoms with Crippen molar-refractivity contribution in [3.8, 4) is 0 Å². The molecule has 2 bridgehead atoms. The number of aliphatic hydroxyl groups excluding tert-OH is 1. The van der Waals surface area contributed by atoms with E-state index < -0.39 is 15.9 Å². The highest BCUT2D eigenvalue weighted by Crippen LogP contribution is 2.55. The van der Waals surface area contributed by atoms with Gasteiger partial charge in [0.05, 0.1) is 5.69 Å². The summed E-state index contributed by atoms with van der Waals surface area (Å²) in [7, 11) is -4.14. The van der Waals surface area contributed by atoms with Gasteiger partial charge in [0, 0.05) is 24.2 Å². The largest absolute Gasteiger partial charge is 0.511 e. The monoisotopic (exact) mass is 482 g/mol. The lowest BCUT2D eigenvalue weighted by Gasteiger charge is -2.44. The molecule has 1 amide bonds. The Morgan fingerprint density at radius 1 is 1.15 bits per heavy atom. The Morgan fingerprint density at radius 3 is 2.65 bits per heavy atom. The molecule has 6 rings (SSSR count). The molecule has 2 aromatic rings. The fourth-order valence-corrected chi connectivity index (χ4v) is 7.28. The second-order valence-electron chi connectivity index (χ2n) is 9.46. The first kappa shape index (κ1) is 21.2. The van der Waals surface area contributed by atoms with Crippen molar-refractivity contribution in [3.05, 3.63) is 65.2 Å². The van der Waals surface area contributed by atoms with Crippen LogP contribution in [0.4, 0.5) is 15.8 Å². The molecule has 0 aromatic heterocycles. The summed E-state index contributed by atoms with van der Waals surface area (Å²) < 4.78 is 43.1.